The first-order valence-electron chi connectivity index (χ1n) is 6.75. The van der Waals surface area contributed by atoms with Gasteiger partial charge in [-0.3, -0.25) is 4.79 Å². The molecule has 0 aliphatic rings. The molecular formula is C15H22ClNO4. The van der Waals surface area contributed by atoms with Gasteiger partial charge in [-0.05, 0) is 38.1 Å². The minimum atomic E-state index is -1.00. The van der Waals surface area contributed by atoms with E-state index in [0.29, 0.717) is 23.1 Å². The zero-order valence-electron chi connectivity index (χ0n) is 12.8. The lowest BCUT2D eigenvalue weighted by atomic mass is 9.95. The van der Waals surface area contributed by atoms with Gasteiger partial charge in [-0.25, -0.2) is 0 Å². The van der Waals surface area contributed by atoms with Crippen LogP contribution >= 0.6 is 11.6 Å². The van der Waals surface area contributed by atoms with Crippen LogP contribution in [0.15, 0.2) is 12.1 Å². The number of ether oxygens (including phenoxy) is 2. The summed E-state index contributed by atoms with van der Waals surface area (Å²) >= 11 is 6.22. The highest BCUT2D eigenvalue weighted by Crippen LogP contribution is 2.37. The van der Waals surface area contributed by atoms with E-state index in [-0.39, 0.29) is 6.61 Å². The van der Waals surface area contributed by atoms with E-state index in [4.69, 9.17) is 26.2 Å². The molecule has 0 heterocycles. The zero-order chi connectivity index (χ0) is 16.0. The fraction of sp³-hybridized carbons (Fsp3) is 0.533. The Morgan fingerprint density at radius 2 is 2.10 bits per heavy atom. The summed E-state index contributed by atoms with van der Waals surface area (Å²) in [5.41, 5.74) is -0.0277. The molecule has 1 aromatic carbocycles. The first kappa shape index (κ1) is 17.6. The van der Waals surface area contributed by atoms with Crippen molar-refractivity contribution < 1.29 is 19.4 Å². The Bertz CT molecular complexity index is 503. The number of carboxylic acid groups (broad SMARTS) is 1. The monoisotopic (exact) mass is 315 g/mol. The number of methoxy groups -OCH3 is 1. The van der Waals surface area contributed by atoms with Crippen molar-refractivity contribution in [3.05, 3.63) is 22.7 Å². The molecule has 0 saturated heterocycles. The number of carbonyl (C=O) groups is 1. The quantitative estimate of drug-likeness (QED) is 0.772. The largest absolute Gasteiger partial charge is 0.493 e. The zero-order valence-corrected chi connectivity index (χ0v) is 13.6. The van der Waals surface area contributed by atoms with Gasteiger partial charge in [0.2, 0.25) is 0 Å². The number of rotatable bonds is 8. The molecule has 0 saturated carbocycles. The Morgan fingerprint density at radius 1 is 1.43 bits per heavy atom. The summed E-state index contributed by atoms with van der Waals surface area (Å²) in [5.74, 6) is -0.0633. The van der Waals surface area contributed by atoms with Crippen LogP contribution < -0.4 is 14.8 Å². The predicted molar refractivity (Wildman–Crippen MR) is 82.3 cm³/mol. The van der Waals surface area contributed by atoms with Gasteiger partial charge in [-0.2, -0.15) is 0 Å². The van der Waals surface area contributed by atoms with Gasteiger partial charge in [-0.1, -0.05) is 18.5 Å². The van der Waals surface area contributed by atoms with E-state index in [1.165, 1.54) is 7.11 Å². The van der Waals surface area contributed by atoms with E-state index >= 15 is 0 Å². The average Bonchev–Trinajstić information content (AvgIpc) is 2.43. The fourth-order valence-electron chi connectivity index (χ4n) is 1.60. The molecule has 0 amide bonds. The van der Waals surface area contributed by atoms with Crippen molar-refractivity contribution in [1.82, 2.24) is 5.32 Å². The standard InChI is InChI=1S/C15H22ClNO4/c1-5-17-8-10-6-11(16)13(12(7-10)20-4)21-9-15(2,3)14(18)19/h6-7,17H,5,8-9H2,1-4H3,(H,18,19). The topological polar surface area (TPSA) is 67.8 Å². The van der Waals surface area contributed by atoms with Crippen LogP contribution in [0.2, 0.25) is 5.02 Å². The van der Waals surface area contributed by atoms with Gasteiger partial charge < -0.3 is 19.9 Å². The van der Waals surface area contributed by atoms with Crippen LogP contribution in [0.25, 0.3) is 0 Å². The molecule has 0 bridgehead atoms. The molecule has 0 radical (unpaired) electrons. The van der Waals surface area contributed by atoms with Gasteiger partial charge >= 0.3 is 5.97 Å². The lowest BCUT2D eigenvalue weighted by molar-refractivity contribution is -0.148. The molecule has 0 aliphatic heterocycles. The smallest absolute Gasteiger partial charge is 0.312 e. The molecule has 0 unspecified atom stereocenters. The third-order valence-electron chi connectivity index (χ3n) is 3.02. The van der Waals surface area contributed by atoms with E-state index in [0.717, 1.165) is 12.1 Å². The summed E-state index contributed by atoms with van der Waals surface area (Å²) < 4.78 is 10.9. The van der Waals surface area contributed by atoms with Gasteiger partial charge in [0.25, 0.3) is 0 Å². The minimum Gasteiger partial charge on any atom is -0.493 e. The van der Waals surface area contributed by atoms with Crippen molar-refractivity contribution in [3.63, 3.8) is 0 Å². The van der Waals surface area contributed by atoms with Gasteiger partial charge in [0.1, 0.15) is 6.61 Å². The second-order valence-electron chi connectivity index (χ2n) is 5.37. The maximum atomic E-state index is 11.1. The number of halogens is 1. The summed E-state index contributed by atoms with van der Waals surface area (Å²) in [7, 11) is 1.53. The second kappa shape index (κ2) is 7.52. The van der Waals surface area contributed by atoms with Crippen LogP contribution in [-0.2, 0) is 11.3 Å². The molecule has 0 atom stereocenters. The summed E-state index contributed by atoms with van der Waals surface area (Å²) in [6.07, 6.45) is 0. The Labute approximate surface area is 130 Å². The molecule has 1 aromatic rings. The SMILES string of the molecule is CCNCc1cc(Cl)c(OCC(C)(C)C(=O)O)c(OC)c1. The van der Waals surface area contributed by atoms with Crippen molar-refractivity contribution in [1.29, 1.82) is 0 Å². The molecule has 1 rings (SSSR count). The van der Waals surface area contributed by atoms with E-state index in [1.54, 1.807) is 19.9 Å². The van der Waals surface area contributed by atoms with E-state index in [9.17, 15) is 4.79 Å². The number of hydrogen-bond donors (Lipinski definition) is 2. The number of hydrogen-bond acceptors (Lipinski definition) is 4. The van der Waals surface area contributed by atoms with Crippen LogP contribution in [0.1, 0.15) is 26.3 Å². The predicted octanol–water partition coefficient (Wildman–Crippen LogP) is 2.95. The lowest BCUT2D eigenvalue weighted by Crippen LogP contribution is -2.30. The van der Waals surface area contributed by atoms with Crippen molar-refractivity contribution in [2.75, 3.05) is 20.3 Å². The highest BCUT2D eigenvalue weighted by molar-refractivity contribution is 6.32. The van der Waals surface area contributed by atoms with Gasteiger partial charge in [0, 0.05) is 6.54 Å². The first-order chi connectivity index (χ1) is 9.81. The maximum absolute atomic E-state index is 11.1. The normalized spacial score (nSPS) is 11.3. The number of nitrogens with one attached hydrogen (secondary N) is 1. The minimum absolute atomic E-state index is 0.00493. The summed E-state index contributed by atoms with van der Waals surface area (Å²) in [6, 6.07) is 3.62. The third kappa shape index (κ3) is 4.79. The van der Waals surface area contributed by atoms with E-state index in [2.05, 4.69) is 5.32 Å². The number of carboxylic acids is 1. The molecule has 0 aromatic heterocycles. The van der Waals surface area contributed by atoms with Crippen LogP contribution in [-0.4, -0.2) is 31.3 Å². The summed E-state index contributed by atoms with van der Waals surface area (Å²) in [5, 5.41) is 12.7. The van der Waals surface area contributed by atoms with Crippen LogP contribution in [0, 0.1) is 5.41 Å². The first-order valence-corrected chi connectivity index (χ1v) is 7.13. The third-order valence-corrected chi connectivity index (χ3v) is 3.31. The number of benzene rings is 1. The van der Waals surface area contributed by atoms with Gasteiger partial charge in [0.15, 0.2) is 11.5 Å². The van der Waals surface area contributed by atoms with Gasteiger partial charge in [0.05, 0.1) is 17.5 Å². The highest BCUT2D eigenvalue weighted by atomic mass is 35.5. The second-order valence-corrected chi connectivity index (χ2v) is 5.77. The summed E-state index contributed by atoms with van der Waals surface area (Å²) in [4.78, 5) is 11.1. The maximum Gasteiger partial charge on any atom is 0.312 e. The summed E-state index contributed by atoms with van der Waals surface area (Å²) in [6.45, 7) is 6.73. The Balaban J connectivity index is 2.94. The van der Waals surface area contributed by atoms with E-state index < -0.39 is 11.4 Å². The average molecular weight is 316 g/mol. The molecule has 118 valence electrons. The van der Waals surface area contributed by atoms with E-state index in [1.807, 2.05) is 13.0 Å². The lowest BCUT2D eigenvalue weighted by Gasteiger charge is -2.21. The molecule has 6 heteroatoms. The van der Waals surface area contributed by atoms with Crippen molar-refractivity contribution in [2.24, 2.45) is 5.41 Å². The van der Waals surface area contributed by atoms with Crippen molar-refractivity contribution in [2.45, 2.75) is 27.3 Å². The van der Waals surface area contributed by atoms with Crippen LogP contribution in [0.4, 0.5) is 0 Å². The molecule has 0 spiro atoms. The molecule has 5 nitrogen and oxygen atoms in total. The highest BCUT2D eigenvalue weighted by Gasteiger charge is 2.29. The number of aliphatic carboxylic acids is 1. The molecule has 2 N–H and O–H groups in total. The van der Waals surface area contributed by atoms with Crippen molar-refractivity contribution >= 4 is 17.6 Å². The Kier molecular flexibility index (Phi) is 6.30. The van der Waals surface area contributed by atoms with Crippen molar-refractivity contribution in [3.8, 4) is 11.5 Å². The fourth-order valence-corrected chi connectivity index (χ4v) is 1.89. The van der Waals surface area contributed by atoms with Gasteiger partial charge in [-0.15, -0.1) is 0 Å². The van der Waals surface area contributed by atoms with Crippen LogP contribution in [0.3, 0.4) is 0 Å². The molecule has 0 fully saturated rings. The Hall–Kier alpha value is -1.46. The molecule has 21 heavy (non-hydrogen) atoms. The van der Waals surface area contributed by atoms with Crippen LogP contribution in [0.5, 0.6) is 11.5 Å². The molecule has 0 aliphatic carbocycles. The molecular weight excluding hydrogens is 294 g/mol. The Morgan fingerprint density at radius 3 is 2.62 bits per heavy atom.